The predicted molar refractivity (Wildman–Crippen MR) is 94.4 cm³/mol. The number of alkyl halides is 3. The minimum atomic E-state index is -5.09. The van der Waals surface area contributed by atoms with E-state index in [1.54, 1.807) is 24.3 Å². The number of methoxy groups -OCH3 is 1. The SMILES string of the molecule is COC(=O)C(Cc1ccc(Cl)cc1)NS(=O)(=O)c1ccccc1OC(F)(F)F. The number of nitrogens with one attached hydrogen (secondary N) is 1. The van der Waals surface area contributed by atoms with Crippen LogP contribution in [0.4, 0.5) is 13.2 Å². The van der Waals surface area contributed by atoms with Crippen molar-refractivity contribution in [3.8, 4) is 5.75 Å². The van der Waals surface area contributed by atoms with Gasteiger partial charge in [-0.25, -0.2) is 8.42 Å². The molecule has 0 radical (unpaired) electrons. The number of carbonyl (C=O) groups excluding carboxylic acids is 1. The van der Waals surface area contributed by atoms with Crippen LogP contribution < -0.4 is 9.46 Å². The van der Waals surface area contributed by atoms with Crippen LogP contribution in [0.5, 0.6) is 5.75 Å². The molecule has 0 spiro atoms. The van der Waals surface area contributed by atoms with Gasteiger partial charge >= 0.3 is 12.3 Å². The van der Waals surface area contributed by atoms with E-state index in [1.165, 1.54) is 12.1 Å². The van der Waals surface area contributed by atoms with Crippen molar-refractivity contribution in [1.82, 2.24) is 4.72 Å². The Bertz CT molecular complexity index is 933. The number of ether oxygens (including phenoxy) is 2. The van der Waals surface area contributed by atoms with Gasteiger partial charge in [-0.1, -0.05) is 35.9 Å². The number of halogens is 4. The Morgan fingerprint density at radius 1 is 1.14 bits per heavy atom. The molecular formula is C17H15ClF3NO5S. The van der Waals surface area contributed by atoms with Gasteiger partial charge in [0.2, 0.25) is 10.0 Å². The van der Waals surface area contributed by atoms with Gasteiger partial charge in [0, 0.05) is 5.02 Å². The lowest BCUT2D eigenvalue weighted by Gasteiger charge is -2.18. The normalized spacial score (nSPS) is 13.0. The molecule has 0 aliphatic rings. The number of rotatable bonds is 7. The Kier molecular flexibility index (Phi) is 6.91. The summed E-state index contributed by atoms with van der Waals surface area (Å²) in [6, 6.07) is 9.07. The number of para-hydroxylation sites is 1. The van der Waals surface area contributed by atoms with E-state index in [4.69, 9.17) is 11.6 Å². The van der Waals surface area contributed by atoms with Crippen LogP contribution in [-0.4, -0.2) is 33.9 Å². The van der Waals surface area contributed by atoms with Crippen LogP contribution in [0.25, 0.3) is 0 Å². The number of sulfonamides is 1. The molecule has 6 nitrogen and oxygen atoms in total. The van der Waals surface area contributed by atoms with Gasteiger partial charge in [0.1, 0.15) is 16.7 Å². The van der Waals surface area contributed by atoms with Gasteiger partial charge in [-0.3, -0.25) is 4.79 Å². The lowest BCUT2D eigenvalue weighted by molar-refractivity contribution is -0.275. The van der Waals surface area contributed by atoms with Gasteiger partial charge < -0.3 is 9.47 Å². The fourth-order valence-corrected chi connectivity index (χ4v) is 3.74. The van der Waals surface area contributed by atoms with Crippen molar-refractivity contribution >= 4 is 27.6 Å². The molecule has 0 aliphatic heterocycles. The third-order valence-corrected chi connectivity index (χ3v) is 5.26. The molecule has 0 amide bonds. The van der Waals surface area contributed by atoms with E-state index in [1.807, 2.05) is 0 Å². The van der Waals surface area contributed by atoms with Crippen molar-refractivity contribution in [3.63, 3.8) is 0 Å². The van der Waals surface area contributed by atoms with Crippen LogP contribution in [0.15, 0.2) is 53.4 Å². The number of carbonyl (C=O) groups is 1. The van der Waals surface area contributed by atoms with E-state index in [2.05, 4.69) is 14.2 Å². The summed E-state index contributed by atoms with van der Waals surface area (Å²) in [7, 11) is -3.49. The van der Waals surface area contributed by atoms with Crippen LogP contribution in [0.1, 0.15) is 5.56 Å². The molecule has 0 saturated carbocycles. The Morgan fingerprint density at radius 3 is 2.32 bits per heavy atom. The fourth-order valence-electron chi connectivity index (χ4n) is 2.30. The highest BCUT2D eigenvalue weighted by molar-refractivity contribution is 7.89. The molecule has 28 heavy (non-hydrogen) atoms. The summed E-state index contributed by atoms with van der Waals surface area (Å²) >= 11 is 5.79. The van der Waals surface area contributed by atoms with E-state index in [9.17, 15) is 26.4 Å². The Labute approximate surface area is 164 Å². The number of hydrogen-bond acceptors (Lipinski definition) is 5. The maximum Gasteiger partial charge on any atom is 0.573 e. The quantitative estimate of drug-likeness (QED) is 0.672. The second-order valence-electron chi connectivity index (χ2n) is 5.52. The van der Waals surface area contributed by atoms with Crippen molar-refractivity contribution in [3.05, 3.63) is 59.1 Å². The zero-order valence-electron chi connectivity index (χ0n) is 14.4. The first-order chi connectivity index (χ1) is 13.0. The Balaban J connectivity index is 2.33. The summed E-state index contributed by atoms with van der Waals surface area (Å²) < 4.78 is 73.3. The first-order valence-electron chi connectivity index (χ1n) is 7.71. The summed E-state index contributed by atoms with van der Waals surface area (Å²) in [5, 5.41) is 0.442. The molecule has 0 fully saturated rings. The molecule has 0 saturated heterocycles. The molecule has 0 bridgehead atoms. The largest absolute Gasteiger partial charge is 0.573 e. The third-order valence-electron chi connectivity index (χ3n) is 3.50. The Hall–Kier alpha value is -2.30. The first-order valence-corrected chi connectivity index (χ1v) is 9.57. The van der Waals surface area contributed by atoms with Crippen molar-refractivity contribution < 1.29 is 35.9 Å². The highest BCUT2D eigenvalue weighted by Crippen LogP contribution is 2.29. The van der Waals surface area contributed by atoms with Gasteiger partial charge in [-0.15, -0.1) is 13.2 Å². The molecule has 0 heterocycles. The average Bonchev–Trinajstić information content (AvgIpc) is 2.61. The van der Waals surface area contributed by atoms with Gasteiger partial charge in [-0.05, 0) is 36.2 Å². The molecule has 0 aromatic heterocycles. The minimum Gasteiger partial charge on any atom is -0.468 e. The zero-order chi connectivity index (χ0) is 20.9. The molecule has 2 rings (SSSR count). The van der Waals surface area contributed by atoms with Crippen LogP contribution in [0.2, 0.25) is 5.02 Å². The highest BCUT2D eigenvalue weighted by Gasteiger charge is 2.35. The summed E-state index contributed by atoms with van der Waals surface area (Å²) in [4.78, 5) is 11.3. The molecule has 2 aromatic carbocycles. The van der Waals surface area contributed by atoms with Gasteiger partial charge in [0.25, 0.3) is 0 Å². The van der Waals surface area contributed by atoms with E-state index < -0.39 is 39.0 Å². The standard InChI is InChI=1S/C17H15ClF3NO5S/c1-26-16(23)13(10-11-6-8-12(18)9-7-11)22-28(24,25)15-5-3-2-4-14(15)27-17(19,20)21/h2-9,13,22H,10H2,1H3. The monoisotopic (exact) mass is 437 g/mol. The molecule has 1 N–H and O–H groups in total. The fraction of sp³-hybridized carbons (Fsp3) is 0.235. The second-order valence-corrected chi connectivity index (χ2v) is 7.64. The topological polar surface area (TPSA) is 81.7 Å². The van der Waals surface area contributed by atoms with Gasteiger partial charge in [0.05, 0.1) is 7.11 Å². The molecule has 1 unspecified atom stereocenters. The molecule has 1 atom stereocenters. The van der Waals surface area contributed by atoms with E-state index >= 15 is 0 Å². The van der Waals surface area contributed by atoms with Crippen molar-refractivity contribution in [2.24, 2.45) is 0 Å². The lowest BCUT2D eigenvalue weighted by atomic mass is 10.1. The number of hydrogen-bond donors (Lipinski definition) is 1. The first kappa shape index (κ1) is 22.0. The molecule has 152 valence electrons. The minimum absolute atomic E-state index is 0.106. The zero-order valence-corrected chi connectivity index (χ0v) is 15.9. The maximum atomic E-state index is 12.6. The third kappa shape index (κ3) is 6.11. The van der Waals surface area contributed by atoms with Crippen LogP contribution in [0, 0.1) is 0 Å². The summed E-state index contributed by atoms with van der Waals surface area (Å²) in [5.74, 6) is -1.83. The van der Waals surface area contributed by atoms with E-state index in [0.29, 0.717) is 10.6 Å². The van der Waals surface area contributed by atoms with Crippen LogP contribution in [-0.2, 0) is 26.0 Å². The second kappa shape index (κ2) is 8.80. The van der Waals surface area contributed by atoms with Gasteiger partial charge in [-0.2, -0.15) is 4.72 Å². The van der Waals surface area contributed by atoms with Crippen molar-refractivity contribution in [1.29, 1.82) is 0 Å². The van der Waals surface area contributed by atoms with Crippen LogP contribution in [0.3, 0.4) is 0 Å². The summed E-state index contributed by atoms with van der Waals surface area (Å²) in [6.45, 7) is 0. The lowest BCUT2D eigenvalue weighted by Crippen LogP contribution is -2.43. The Morgan fingerprint density at radius 2 is 1.75 bits per heavy atom. The maximum absolute atomic E-state index is 12.6. The number of esters is 1. The molecule has 0 aliphatic carbocycles. The number of benzene rings is 2. The molecule has 2 aromatic rings. The van der Waals surface area contributed by atoms with Crippen molar-refractivity contribution in [2.45, 2.75) is 23.7 Å². The molecular weight excluding hydrogens is 423 g/mol. The average molecular weight is 438 g/mol. The van der Waals surface area contributed by atoms with E-state index in [-0.39, 0.29) is 6.42 Å². The summed E-state index contributed by atoms with van der Waals surface area (Å²) in [5.41, 5.74) is 0.558. The van der Waals surface area contributed by atoms with Crippen molar-refractivity contribution in [2.75, 3.05) is 7.11 Å². The van der Waals surface area contributed by atoms with E-state index in [0.717, 1.165) is 19.2 Å². The molecule has 11 heteroatoms. The smallest absolute Gasteiger partial charge is 0.468 e. The summed E-state index contributed by atoms with van der Waals surface area (Å²) in [6.07, 6.45) is -5.19. The highest BCUT2D eigenvalue weighted by atomic mass is 35.5. The van der Waals surface area contributed by atoms with Gasteiger partial charge in [0.15, 0.2) is 0 Å². The van der Waals surface area contributed by atoms with Crippen LogP contribution >= 0.6 is 11.6 Å². The predicted octanol–water partition coefficient (Wildman–Crippen LogP) is 3.30.